The van der Waals surface area contributed by atoms with Gasteiger partial charge in [0.05, 0.1) is 5.52 Å². The standard InChI is InChI=1S/C25H32FN5O2/c1-2-17-14-19(23(26)24-20(17)15-21(28-24)25(33)29-10-5-11-29)18-6-3-9-30(16-18)22(32)7-13-31-12-4-8-27-31/h4,12,14-15,18,27-28H,2-3,5-11,13,16H2,1H3. The van der Waals surface area contributed by atoms with Gasteiger partial charge in [0, 0.05) is 63.2 Å². The van der Waals surface area contributed by atoms with Gasteiger partial charge in [-0.15, -0.1) is 0 Å². The number of benzene rings is 1. The van der Waals surface area contributed by atoms with Gasteiger partial charge in [0.25, 0.3) is 5.91 Å². The minimum Gasteiger partial charge on any atom is -0.348 e. The fourth-order valence-corrected chi connectivity index (χ4v) is 5.14. The monoisotopic (exact) mass is 453 g/mol. The first-order valence-corrected chi connectivity index (χ1v) is 12.1. The van der Waals surface area contributed by atoms with E-state index >= 15 is 4.39 Å². The second kappa shape index (κ2) is 9.17. The molecule has 2 N–H and O–H groups in total. The molecule has 2 aromatic rings. The Labute approximate surface area is 193 Å². The van der Waals surface area contributed by atoms with Gasteiger partial charge in [0.1, 0.15) is 5.69 Å². The highest BCUT2D eigenvalue weighted by atomic mass is 19.1. The van der Waals surface area contributed by atoms with Gasteiger partial charge in [-0.3, -0.25) is 9.59 Å². The van der Waals surface area contributed by atoms with Crippen molar-refractivity contribution in [1.82, 2.24) is 25.2 Å². The zero-order valence-electron chi connectivity index (χ0n) is 19.2. The number of aromatic nitrogens is 1. The van der Waals surface area contributed by atoms with E-state index in [4.69, 9.17) is 0 Å². The summed E-state index contributed by atoms with van der Waals surface area (Å²) in [6, 6.07) is 3.76. The molecule has 8 heteroatoms. The number of piperidine rings is 1. The van der Waals surface area contributed by atoms with Gasteiger partial charge in [0.2, 0.25) is 5.91 Å². The van der Waals surface area contributed by atoms with Crippen molar-refractivity contribution in [1.29, 1.82) is 0 Å². The number of hydrogen-bond donors (Lipinski definition) is 2. The number of hydrogen-bond acceptors (Lipinski definition) is 4. The quantitative estimate of drug-likeness (QED) is 0.705. The number of hydrazine groups is 1. The Bertz CT molecular complexity index is 1090. The third-order valence-corrected chi connectivity index (χ3v) is 7.20. The molecule has 0 bridgehead atoms. The van der Waals surface area contributed by atoms with E-state index in [1.54, 1.807) is 11.0 Å². The van der Waals surface area contributed by atoms with Crippen LogP contribution < -0.4 is 5.43 Å². The van der Waals surface area contributed by atoms with E-state index in [1.807, 2.05) is 28.3 Å². The van der Waals surface area contributed by atoms with Crippen molar-refractivity contribution in [3.05, 3.63) is 47.0 Å². The number of H-pyrrole nitrogens is 1. The van der Waals surface area contributed by atoms with Crippen LogP contribution in [0.2, 0.25) is 0 Å². The Kier molecular flexibility index (Phi) is 6.10. The van der Waals surface area contributed by atoms with E-state index < -0.39 is 0 Å². The molecule has 7 nitrogen and oxygen atoms in total. The summed E-state index contributed by atoms with van der Waals surface area (Å²) < 4.78 is 15.7. The molecule has 1 aromatic carbocycles. The molecule has 3 aliphatic heterocycles. The van der Waals surface area contributed by atoms with Crippen LogP contribution >= 0.6 is 0 Å². The average molecular weight is 454 g/mol. The zero-order valence-corrected chi connectivity index (χ0v) is 19.2. The number of rotatable bonds is 6. The second-order valence-corrected chi connectivity index (χ2v) is 9.28. The molecule has 0 radical (unpaired) electrons. The van der Waals surface area contributed by atoms with Crippen molar-refractivity contribution < 1.29 is 14.0 Å². The second-order valence-electron chi connectivity index (χ2n) is 9.28. The molecular formula is C25H32FN5O2. The molecule has 0 spiro atoms. The molecule has 5 rings (SSSR count). The number of aryl methyl sites for hydroxylation is 1. The van der Waals surface area contributed by atoms with Crippen LogP contribution in [0, 0.1) is 5.82 Å². The molecule has 0 saturated carbocycles. The largest absolute Gasteiger partial charge is 0.348 e. The number of fused-ring (bicyclic) bond motifs is 1. The fourth-order valence-electron chi connectivity index (χ4n) is 5.14. The number of likely N-dealkylation sites (tertiary alicyclic amines) is 2. The number of amides is 2. The summed E-state index contributed by atoms with van der Waals surface area (Å²) in [5.41, 5.74) is 5.76. The SMILES string of the molecule is CCc1cc(C2CCCN(C(=O)CCN3C=CCN3)C2)c(F)c2[nH]c(C(=O)N3CCC3)cc12. The normalized spacial score (nSPS) is 20.5. The maximum Gasteiger partial charge on any atom is 0.270 e. The van der Waals surface area contributed by atoms with Crippen molar-refractivity contribution in [2.24, 2.45) is 0 Å². The first-order valence-electron chi connectivity index (χ1n) is 12.1. The molecule has 3 aliphatic rings. The number of carbonyl (C=O) groups excluding carboxylic acids is 2. The summed E-state index contributed by atoms with van der Waals surface area (Å²) in [6.07, 6.45) is 7.91. The molecule has 2 fully saturated rings. The van der Waals surface area contributed by atoms with Gasteiger partial charge < -0.3 is 19.8 Å². The average Bonchev–Trinajstić information content (AvgIpc) is 3.47. The van der Waals surface area contributed by atoms with Crippen molar-refractivity contribution in [3.63, 3.8) is 0 Å². The van der Waals surface area contributed by atoms with Crippen LogP contribution in [-0.4, -0.2) is 70.9 Å². The molecule has 2 saturated heterocycles. The molecule has 2 amide bonds. The highest BCUT2D eigenvalue weighted by molar-refractivity contribution is 5.99. The highest BCUT2D eigenvalue weighted by Crippen LogP contribution is 2.35. The molecule has 176 valence electrons. The van der Waals surface area contributed by atoms with Crippen molar-refractivity contribution in [3.8, 4) is 0 Å². The van der Waals surface area contributed by atoms with Crippen molar-refractivity contribution in [2.75, 3.05) is 39.3 Å². The van der Waals surface area contributed by atoms with Gasteiger partial charge in [-0.25, -0.2) is 9.82 Å². The van der Waals surface area contributed by atoms with Crippen molar-refractivity contribution >= 4 is 22.7 Å². The number of carbonyl (C=O) groups is 2. The number of halogens is 1. The minimum absolute atomic E-state index is 0.0416. The Morgan fingerprint density at radius 1 is 1.15 bits per heavy atom. The summed E-state index contributed by atoms with van der Waals surface area (Å²) in [6.45, 7) is 6.27. The van der Waals surface area contributed by atoms with Crippen molar-refractivity contribution in [2.45, 2.75) is 44.9 Å². The molecule has 33 heavy (non-hydrogen) atoms. The first-order chi connectivity index (χ1) is 16.0. The third kappa shape index (κ3) is 4.24. The number of aromatic amines is 1. The van der Waals surface area contributed by atoms with Crippen LogP contribution in [0.1, 0.15) is 60.1 Å². The first kappa shape index (κ1) is 21.9. The van der Waals surface area contributed by atoms with Crippen LogP contribution in [0.25, 0.3) is 10.9 Å². The summed E-state index contributed by atoms with van der Waals surface area (Å²) in [5.74, 6) is -0.269. The Morgan fingerprint density at radius 3 is 2.67 bits per heavy atom. The third-order valence-electron chi connectivity index (χ3n) is 7.20. The fraction of sp³-hybridized carbons (Fsp3) is 0.520. The lowest BCUT2D eigenvalue weighted by atomic mass is 9.87. The minimum atomic E-state index is -0.282. The summed E-state index contributed by atoms with van der Waals surface area (Å²) in [7, 11) is 0. The van der Waals surface area contributed by atoms with E-state index in [0.717, 1.165) is 62.8 Å². The zero-order chi connectivity index (χ0) is 22.9. The predicted octanol–water partition coefficient (Wildman–Crippen LogP) is 3.15. The lowest BCUT2D eigenvalue weighted by molar-refractivity contribution is -0.132. The van der Waals surface area contributed by atoms with Gasteiger partial charge in [-0.05, 0) is 42.9 Å². The Hall–Kier alpha value is -2.87. The molecule has 4 heterocycles. The molecular weight excluding hydrogens is 421 g/mol. The smallest absolute Gasteiger partial charge is 0.270 e. The number of nitrogens with zero attached hydrogens (tertiary/aromatic N) is 3. The summed E-state index contributed by atoms with van der Waals surface area (Å²) >= 11 is 0. The highest BCUT2D eigenvalue weighted by Gasteiger charge is 2.29. The molecule has 0 aliphatic carbocycles. The van der Waals surface area contributed by atoms with E-state index in [2.05, 4.69) is 17.3 Å². The summed E-state index contributed by atoms with van der Waals surface area (Å²) in [5, 5.41) is 2.72. The van der Waals surface area contributed by atoms with Gasteiger partial charge >= 0.3 is 0 Å². The molecule has 1 atom stereocenters. The van der Waals surface area contributed by atoms with Crippen LogP contribution in [0.15, 0.2) is 24.4 Å². The van der Waals surface area contributed by atoms with E-state index in [9.17, 15) is 9.59 Å². The van der Waals surface area contributed by atoms with E-state index in [-0.39, 0.29) is 23.5 Å². The summed E-state index contributed by atoms with van der Waals surface area (Å²) in [4.78, 5) is 32.3. The van der Waals surface area contributed by atoms with Crippen LogP contribution in [-0.2, 0) is 11.2 Å². The Balaban J connectivity index is 1.36. The lowest BCUT2D eigenvalue weighted by Crippen LogP contribution is -2.42. The lowest BCUT2D eigenvalue weighted by Gasteiger charge is -2.34. The van der Waals surface area contributed by atoms with Gasteiger partial charge in [0.15, 0.2) is 5.82 Å². The maximum atomic E-state index is 15.7. The maximum absolute atomic E-state index is 15.7. The molecule has 1 aromatic heterocycles. The van der Waals surface area contributed by atoms with Gasteiger partial charge in [-0.1, -0.05) is 19.1 Å². The van der Waals surface area contributed by atoms with Crippen LogP contribution in [0.3, 0.4) is 0 Å². The van der Waals surface area contributed by atoms with E-state index in [1.165, 1.54) is 0 Å². The topological polar surface area (TPSA) is 71.7 Å². The van der Waals surface area contributed by atoms with Crippen LogP contribution in [0.4, 0.5) is 4.39 Å². The van der Waals surface area contributed by atoms with Gasteiger partial charge in [-0.2, -0.15) is 0 Å². The predicted molar refractivity (Wildman–Crippen MR) is 125 cm³/mol. The number of nitrogens with one attached hydrogen (secondary N) is 2. The van der Waals surface area contributed by atoms with E-state index in [0.29, 0.717) is 36.3 Å². The Morgan fingerprint density at radius 2 is 1.97 bits per heavy atom. The van der Waals surface area contributed by atoms with Crippen LogP contribution in [0.5, 0.6) is 0 Å². The molecule has 1 unspecified atom stereocenters.